The molecule has 0 aliphatic heterocycles. The lowest BCUT2D eigenvalue weighted by molar-refractivity contribution is -0.384. The SMILES string of the molecule is C=CCCNc1cccc([N+](=O)[O-])c1. The summed E-state index contributed by atoms with van der Waals surface area (Å²) >= 11 is 0. The number of nitro groups is 1. The van der Waals surface area contributed by atoms with E-state index in [1.54, 1.807) is 18.2 Å². The summed E-state index contributed by atoms with van der Waals surface area (Å²) in [5, 5.41) is 13.5. The number of nitro benzene ring substituents is 1. The van der Waals surface area contributed by atoms with Gasteiger partial charge in [-0.1, -0.05) is 12.1 Å². The van der Waals surface area contributed by atoms with Crippen LogP contribution in [0, 0.1) is 10.1 Å². The van der Waals surface area contributed by atoms with E-state index in [4.69, 9.17) is 0 Å². The highest BCUT2D eigenvalue weighted by Gasteiger charge is 2.04. The van der Waals surface area contributed by atoms with Crippen LogP contribution in [0.15, 0.2) is 36.9 Å². The lowest BCUT2D eigenvalue weighted by Gasteiger charge is -2.03. The Morgan fingerprint density at radius 1 is 1.57 bits per heavy atom. The van der Waals surface area contributed by atoms with Gasteiger partial charge < -0.3 is 5.32 Å². The van der Waals surface area contributed by atoms with Gasteiger partial charge in [-0.3, -0.25) is 10.1 Å². The second-order valence-corrected chi connectivity index (χ2v) is 2.81. The zero-order valence-corrected chi connectivity index (χ0v) is 7.77. The van der Waals surface area contributed by atoms with Crippen molar-refractivity contribution in [2.75, 3.05) is 11.9 Å². The molecule has 1 aromatic rings. The van der Waals surface area contributed by atoms with E-state index in [1.807, 2.05) is 0 Å². The van der Waals surface area contributed by atoms with Crippen molar-refractivity contribution in [2.45, 2.75) is 6.42 Å². The van der Waals surface area contributed by atoms with Gasteiger partial charge in [0, 0.05) is 24.4 Å². The van der Waals surface area contributed by atoms with E-state index in [9.17, 15) is 10.1 Å². The normalized spacial score (nSPS) is 9.43. The predicted octanol–water partition coefficient (Wildman–Crippen LogP) is 2.58. The molecule has 74 valence electrons. The molecule has 1 rings (SSSR count). The Kier molecular flexibility index (Phi) is 3.67. The summed E-state index contributed by atoms with van der Waals surface area (Å²) in [6.07, 6.45) is 2.63. The lowest BCUT2D eigenvalue weighted by atomic mass is 10.3. The molecule has 0 bridgehead atoms. The van der Waals surface area contributed by atoms with E-state index in [0.717, 1.165) is 18.7 Å². The number of hydrogen-bond donors (Lipinski definition) is 1. The average Bonchev–Trinajstić information content (AvgIpc) is 2.19. The summed E-state index contributed by atoms with van der Waals surface area (Å²) in [7, 11) is 0. The molecule has 0 amide bonds. The van der Waals surface area contributed by atoms with Gasteiger partial charge >= 0.3 is 0 Å². The molecule has 1 aromatic carbocycles. The van der Waals surface area contributed by atoms with Gasteiger partial charge in [-0.25, -0.2) is 0 Å². The third-order valence-corrected chi connectivity index (χ3v) is 1.73. The van der Waals surface area contributed by atoms with Crippen LogP contribution in [0.2, 0.25) is 0 Å². The lowest BCUT2D eigenvalue weighted by Crippen LogP contribution is -2.00. The summed E-state index contributed by atoms with van der Waals surface area (Å²) in [4.78, 5) is 10.0. The molecule has 0 aromatic heterocycles. The fraction of sp³-hybridized carbons (Fsp3) is 0.200. The molecule has 0 unspecified atom stereocenters. The average molecular weight is 192 g/mol. The first-order valence-electron chi connectivity index (χ1n) is 4.33. The quantitative estimate of drug-likeness (QED) is 0.337. The summed E-state index contributed by atoms with van der Waals surface area (Å²) in [5.74, 6) is 0. The fourth-order valence-electron chi connectivity index (χ4n) is 1.05. The molecule has 0 fully saturated rings. The first kappa shape index (κ1) is 10.2. The van der Waals surface area contributed by atoms with Crippen molar-refractivity contribution >= 4 is 11.4 Å². The molecule has 0 aliphatic rings. The fourth-order valence-corrected chi connectivity index (χ4v) is 1.05. The maximum Gasteiger partial charge on any atom is 0.271 e. The Balaban J connectivity index is 2.63. The van der Waals surface area contributed by atoms with Crippen molar-refractivity contribution in [1.82, 2.24) is 0 Å². The largest absolute Gasteiger partial charge is 0.385 e. The first-order chi connectivity index (χ1) is 6.74. The molecule has 0 spiro atoms. The van der Waals surface area contributed by atoms with Crippen LogP contribution in [0.3, 0.4) is 0 Å². The van der Waals surface area contributed by atoms with Crippen LogP contribution in [0.5, 0.6) is 0 Å². The maximum absolute atomic E-state index is 10.4. The Morgan fingerprint density at radius 2 is 2.36 bits per heavy atom. The van der Waals surface area contributed by atoms with Gasteiger partial charge in [0.1, 0.15) is 0 Å². The highest BCUT2D eigenvalue weighted by Crippen LogP contribution is 2.16. The molecule has 0 saturated carbocycles. The smallest absolute Gasteiger partial charge is 0.271 e. The molecule has 4 nitrogen and oxygen atoms in total. The van der Waals surface area contributed by atoms with Gasteiger partial charge in [-0.15, -0.1) is 6.58 Å². The van der Waals surface area contributed by atoms with E-state index in [-0.39, 0.29) is 5.69 Å². The van der Waals surface area contributed by atoms with Crippen LogP contribution in [-0.2, 0) is 0 Å². The molecule has 0 saturated heterocycles. The number of hydrogen-bond acceptors (Lipinski definition) is 3. The minimum atomic E-state index is -0.404. The van der Waals surface area contributed by atoms with Crippen molar-refractivity contribution in [3.8, 4) is 0 Å². The van der Waals surface area contributed by atoms with E-state index < -0.39 is 4.92 Å². The molecular formula is C10H12N2O2. The Bertz CT molecular complexity index is 337. The van der Waals surface area contributed by atoms with E-state index in [1.165, 1.54) is 12.1 Å². The third kappa shape index (κ3) is 2.90. The summed E-state index contributed by atoms with van der Waals surface area (Å²) < 4.78 is 0. The number of rotatable bonds is 5. The topological polar surface area (TPSA) is 55.2 Å². The molecule has 0 atom stereocenters. The van der Waals surface area contributed by atoms with Gasteiger partial charge in [-0.2, -0.15) is 0 Å². The van der Waals surface area contributed by atoms with Crippen molar-refractivity contribution in [3.05, 3.63) is 47.0 Å². The van der Waals surface area contributed by atoms with Crippen LogP contribution < -0.4 is 5.32 Å². The Hall–Kier alpha value is -1.84. The van der Waals surface area contributed by atoms with Crippen LogP contribution in [0.4, 0.5) is 11.4 Å². The minimum absolute atomic E-state index is 0.105. The number of non-ortho nitro benzene ring substituents is 1. The van der Waals surface area contributed by atoms with Gasteiger partial charge in [0.05, 0.1) is 4.92 Å². The molecule has 0 radical (unpaired) electrons. The van der Waals surface area contributed by atoms with Crippen molar-refractivity contribution in [1.29, 1.82) is 0 Å². The summed E-state index contributed by atoms with van der Waals surface area (Å²) in [6.45, 7) is 4.33. The van der Waals surface area contributed by atoms with E-state index in [2.05, 4.69) is 11.9 Å². The van der Waals surface area contributed by atoms with E-state index >= 15 is 0 Å². The van der Waals surface area contributed by atoms with Crippen molar-refractivity contribution < 1.29 is 4.92 Å². The molecule has 1 N–H and O–H groups in total. The van der Waals surface area contributed by atoms with Crippen molar-refractivity contribution in [3.63, 3.8) is 0 Å². The zero-order valence-electron chi connectivity index (χ0n) is 7.77. The molecule has 0 aliphatic carbocycles. The Morgan fingerprint density at radius 3 is 3.00 bits per heavy atom. The van der Waals surface area contributed by atoms with Gasteiger partial charge in [0.15, 0.2) is 0 Å². The van der Waals surface area contributed by atoms with Gasteiger partial charge in [0.2, 0.25) is 0 Å². The van der Waals surface area contributed by atoms with Gasteiger partial charge in [-0.05, 0) is 12.5 Å². The van der Waals surface area contributed by atoms with Crippen molar-refractivity contribution in [2.24, 2.45) is 0 Å². The molecule has 14 heavy (non-hydrogen) atoms. The standard InChI is InChI=1S/C10H12N2O2/c1-2-3-7-11-9-5-4-6-10(8-9)12(13)14/h2,4-6,8,11H,1,3,7H2. The highest BCUT2D eigenvalue weighted by atomic mass is 16.6. The van der Waals surface area contributed by atoms with Gasteiger partial charge in [0.25, 0.3) is 5.69 Å². The van der Waals surface area contributed by atoms with E-state index in [0.29, 0.717) is 0 Å². The number of nitrogens with one attached hydrogen (secondary N) is 1. The Labute approximate surface area is 82.4 Å². The van der Waals surface area contributed by atoms with Crippen LogP contribution >= 0.6 is 0 Å². The van der Waals surface area contributed by atoms with Crippen LogP contribution in [0.25, 0.3) is 0 Å². The highest BCUT2D eigenvalue weighted by molar-refractivity contribution is 5.50. The van der Waals surface area contributed by atoms with Crippen LogP contribution in [-0.4, -0.2) is 11.5 Å². The number of benzene rings is 1. The molecule has 4 heteroatoms. The van der Waals surface area contributed by atoms with Crippen LogP contribution in [0.1, 0.15) is 6.42 Å². The third-order valence-electron chi connectivity index (χ3n) is 1.73. The summed E-state index contributed by atoms with van der Waals surface area (Å²) in [6, 6.07) is 6.45. The molecule has 0 heterocycles. The number of anilines is 1. The first-order valence-corrected chi connectivity index (χ1v) is 4.33. The minimum Gasteiger partial charge on any atom is -0.385 e. The number of nitrogens with zero attached hydrogens (tertiary/aromatic N) is 1. The summed E-state index contributed by atoms with van der Waals surface area (Å²) in [5.41, 5.74) is 0.870. The zero-order chi connectivity index (χ0) is 10.4. The second-order valence-electron chi connectivity index (χ2n) is 2.81. The second kappa shape index (κ2) is 5.01. The maximum atomic E-state index is 10.4. The predicted molar refractivity (Wildman–Crippen MR) is 56.4 cm³/mol. The molecular weight excluding hydrogens is 180 g/mol. The monoisotopic (exact) mass is 192 g/mol.